The molecule has 2 unspecified atom stereocenters. The first-order chi connectivity index (χ1) is 26.9. The number of amidine groups is 2. The smallest absolute Gasteiger partial charge is 0.406 e. The molecule has 4 aromatic carbocycles. The van der Waals surface area contributed by atoms with Gasteiger partial charge in [-0.15, -0.1) is 13.2 Å². The first-order valence-corrected chi connectivity index (χ1v) is 19.7. The highest BCUT2D eigenvalue weighted by molar-refractivity contribution is 7.89. The van der Waals surface area contributed by atoms with E-state index in [9.17, 15) is 66.6 Å². The van der Waals surface area contributed by atoms with Crippen molar-refractivity contribution < 1.29 is 71.3 Å². The van der Waals surface area contributed by atoms with Gasteiger partial charge >= 0.3 is 18.7 Å². The number of halogens is 11. The highest BCUT2D eigenvalue weighted by Crippen LogP contribution is 2.42. The predicted molar refractivity (Wildman–Crippen MR) is 195 cm³/mol. The van der Waals surface area contributed by atoms with Crippen LogP contribution in [0, 0.1) is 0 Å². The fourth-order valence-corrected chi connectivity index (χ4v) is 7.33. The Hall–Kier alpha value is -4.69. The summed E-state index contributed by atoms with van der Waals surface area (Å²) in [5.74, 6) is -1.51. The Morgan fingerprint density at radius 2 is 1.00 bits per heavy atom. The largest absolute Gasteiger partial charge is 0.573 e. The van der Waals surface area contributed by atoms with E-state index in [4.69, 9.17) is 33.5 Å². The highest BCUT2D eigenvalue weighted by atomic mass is 35.5. The molecule has 0 aromatic heterocycles. The van der Waals surface area contributed by atoms with E-state index in [1.54, 1.807) is 0 Å². The molecule has 4 aromatic rings. The van der Waals surface area contributed by atoms with Crippen LogP contribution in [0.4, 0.5) is 50.9 Å². The van der Waals surface area contributed by atoms with Gasteiger partial charge in [-0.25, -0.2) is 37.1 Å². The van der Waals surface area contributed by atoms with Gasteiger partial charge in [-0.05, 0) is 66.7 Å². The number of hydrogen-bond acceptors (Lipinski definition) is 11. The van der Waals surface area contributed by atoms with Crippen LogP contribution in [0.2, 0.25) is 10.0 Å². The maximum Gasteiger partial charge on any atom is 0.573 e. The Labute approximate surface area is 337 Å². The van der Waals surface area contributed by atoms with E-state index in [0.717, 1.165) is 52.3 Å². The Morgan fingerprint density at radius 1 is 0.610 bits per heavy atom. The van der Waals surface area contributed by atoms with Crippen molar-refractivity contribution in [1.29, 1.82) is 0 Å². The van der Waals surface area contributed by atoms with Crippen LogP contribution in [-0.2, 0) is 20.0 Å². The number of nitrogens with two attached hydrogens (primary N) is 2. The minimum atomic E-state index is -5.23. The van der Waals surface area contributed by atoms with E-state index in [-0.39, 0.29) is 38.4 Å². The van der Waals surface area contributed by atoms with Crippen molar-refractivity contribution in [2.45, 2.75) is 40.0 Å². The lowest BCUT2D eigenvalue weighted by Crippen LogP contribution is -2.48. The van der Waals surface area contributed by atoms with E-state index in [1.807, 2.05) is 0 Å². The summed E-state index contributed by atoms with van der Waals surface area (Å²) in [5, 5.41) is 30.7. The zero-order valence-electron chi connectivity index (χ0n) is 28.9. The lowest BCUT2D eigenvalue weighted by Gasteiger charge is -2.26. The second-order valence-corrected chi connectivity index (χ2v) is 16.3. The summed E-state index contributed by atoms with van der Waals surface area (Å²) in [6.45, 7) is -2.28. The minimum absolute atomic E-state index is 0.0454. The van der Waals surface area contributed by atoms with Crippen LogP contribution >= 0.6 is 23.2 Å². The molecule has 6 N–H and O–H groups in total. The molecule has 2 heterocycles. The van der Waals surface area contributed by atoms with Gasteiger partial charge in [0.1, 0.15) is 27.2 Å². The lowest BCUT2D eigenvalue weighted by atomic mass is 10.1. The third kappa shape index (κ3) is 9.86. The number of hydrogen-bond donors (Lipinski definition) is 4. The first kappa shape index (κ1) is 45.4. The topological polar surface area (TPSA) is 201 Å². The van der Waals surface area contributed by atoms with Gasteiger partial charge in [0.05, 0.1) is 34.5 Å². The summed E-state index contributed by atoms with van der Waals surface area (Å²) in [5.41, 5.74) is -7.58. The summed E-state index contributed by atoms with van der Waals surface area (Å²) < 4.78 is 169. The number of ether oxygens (including phenoxy) is 1. The SMILES string of the molecule is NS(=O)(=O)c1ccccc1N1CC(O)(C(F)(F)F)N=C1c1ccc(Cl)c(Cl)c1.NS(=O)(=O)c1ccccc1N1CC(O)(C(F)(F)F)N=C1c1ccc(OC(F)(F)F)cc1. The van der Waals surface area contributed by atoms with E-state index in [2.05, 4.69) is 14.7 Å². The van der Waals surface area contributed by atoms with Crippen LogP contribution in [0.5, 0.6) is 5.75 Å². The van der Waals surface area contributed by atoms with Crippen LogP contribution in [0.15, 0.2) is 111 Å². The average Bonchev–Trinajstić information content (AvgIpc) is 3.68. The summed E-state index contributed by atoms with van der Waals surface area (Å²) in [7, 11) is -8.65. The van der Waals surface area contributed by atoms with Crippen molar-refractivity contribution in [1.82, 2.24) is 0 Å². The van der Waals surface area contributed by atoms with Crippen LogP contribution in [0.25, 0.3) is 0 Å². The molecule has 2 aliphatic rings. The molecule has 2 atom stereocenters. The van der Waals surface area contributed by atoms with E-state index in [0.29, 0.717) is 0 Å². The van der Waals surface area contributed by atoms with Gasteiger partial charge in [-0.2, -0.15) is 26.3 Å². The summed E-state index contributed by atoms with van der Waals surface area (Å²) >= 11 is 11.8. The molecular weight excluding hydrogens is 898 g/mol. The van der Waals surface area contributed by atoms with Crippen LogP contribution < -0.4 is 24.8 Å². The van der Waals surface area contributed by atoms with Gasteiger partial charge in [-0.3, -0.25) is 0 Å². The Bertz CT molecular complexity index is 2540. The molecule has 0 saturated carbocycles. The molecule has 0 amide bonds. The average molecular weight is 924 g/mol. The normalized spacial score (nSPS) is 20.2. The van der Waals surface area contributed by atoms with Crippen LogP contribution in [0.3, 0.4) is 0 Å². The van der Waals surface area contributed by atoms with Gasteiger partial charge < -0.3 is 24.7 Å². The minimum Gasteiger partial charge on any atom is -0.406 e. The number of rotatable bonds is 7. The molecule has 318 valence electrons. The molecule has 26 heteroatoms. The van der Waals surface area contributed by atoms with Gasteiger partial charge in [0.2, 0.25) is 20.0 Å². The number of aliphatic imine (C=N–C) groups is 2. The third-order valence-corrected chi connectivity index (χ3v) is 10.9. The number of alkyl halides is 9. The molecular formula is C33H25Cl2F9N6O7S2. The van der Waals surface area contributed by atoms with Gasteiger partial charge in [-0.1, -0.05) is 47.5 Å². The standard InChI is InChI=1S/C17H13F6N3O4S.C16H12Cl2F3N3O3S/c18-16(19,20)15(27)9-26(12-3-1-2-4-13(12)31(24,28)29)14(25-15)10-5-7-11(8-6-10)30-17(21,22)23;17-10-6-5-9(7-11(10)18)14-23-15(25,16(19,20)21)8-24(14)12-3-1-2-4-13(12)28(22,26)27/h1-8,27H,9H2,(H2,24,28,29);1-7,25H,8H2,(H2,22,26,27). The van der Waals surface area contributed by atoms with Crippen LogP contribution in [-0.4, -0.2) is 82.0 Å². The monoisotopic (exact) mass is 922 g/mol. The molecule has 59 heavy (non-hydrogen) atoms. The number of para-hydroxylation sites is 2. The molecule has 0 fully saturated rings. The van der Waals surface area contributed by atoms with E-state index in [1.165, 1.54) is 48.5 Å². The van der Waals surface area contributed by atoms with Gasteiger partial charge in [0.25, 0.3) is 11.4 Å². The Balaban J connectivity index is 0.000000225. The molecule has 0 bridgehead atoms. The fraction of sp³-hybridized carbons (Fsp3) is 0.212. The maximum atomic E-state index is 13.4. The second-order valence-electron chi connectivity index (χ2n) is 12.4. The van der Waals surface area contributed by atoms with Crippen LogP contribution in [0.1, 0.15) is 11.1 Å². The van der Waals surface area contributed by atoms with Gasteiger partial charge in [0.15, 0.2) is 0 Å². The van der Waals surface area contributed by atoms with E-state index < -0.39 is 84.7 Å². The maximum absolute atomic E-state index is 13.4. The number of aliphatic hydroxyl groups is 2. The Kier molecular flexibility index (Phi) is 12.1. The molecule has 0 radical (unpaired) electrons. The molecule has 2 aliphatic heterocycles. The fourth-order valence-electron chi connectivity index (χ4n) is 5.56. The van der Waals surface area contributed by atoms with Crippen molar-refractivity contribution in [3.05, 3.63) is 112 Å². The zero-order chi connectivity index (χ0) is 44.1. The summed E-state index contributed by atoms with van der Waals surface area (Å²) in [4.78, 5) is 7.51. The number of nitrogens with zero attached hydrogens (tertiary/aromatic N) is 4. The van der Waals surface area contributed by atoms with E-state index >= 15 is 0 Å². The number of sulfonamides is 2. The second kappa shape index (κ2) is 15.7. The molecule has 6 rings (SSSR count). The zero-order valence-corrected chi connectivity index (χ0v) is 32.1. The first-order valence-electron chi connectivity index (χ1n) is 15.8. The van der Waals surface area contributed by atoms with Gasteiger partial charge in [0, 0.05) is 11.1 Å². The van der Waals surface area contributed by atoms with Crippen molar-refractivity contribution in [2.24, 2.45) is 20.3 Å². The number of benzene rings is 4. The number of primary sulfonamides is 2. The number of anilines is 2. The number of β-amino-alcohol motifs (C(OH)–C–C–N with tert-alkyl or cyclic N) is 2. The quantitative estimate of drug-likeness (QED) is 0.163. The predicted octanol–water partition coefficient (Wildman–Crippen LogP) is 5.91. The van der Waals surface area contributed by atoms with Crippen molar-refractivity contribution in [3.8, 4) is 5.75 Å². The lowest BCUT2D eigenvalue weighted by molar-refractivity contribution is -0.274. The van der Waals surface area contributed by atoms with Crippen molar-refractivity contribution in [3.63, 3.8) is 0 Å². The molecule has 0 saturated heterocycles. The van der Waals surface area contributed by atoms with Crippen molar-refractivity contribution >= 4 is 66.3 Å². The Morgan fingerprint density at radius 3 is 1.37 bits per heavy atom. The molecule has 0 aliphatic carbocycles. The third-order valence-electron chi connectivity index (χ3n) is 8.21. The molecule has 0 spiro atoms. The van der Waals surface area contributed by atoms with Crippen molar-refractivity contribution in [2.75, 3.05) is 22.9 Å². The highest BCUT2D eigenvalue weighted by Gasteiger charge is 2.60. The molecule has 13 nitrogen and oxygen atoms in total. The summed E-state index contributed by atoms with van der Waals surface area (Å²) in [6, 6.07) is 17.6. The summed E-state index contributed by atoms with van der Waals surface area (Å²) in [6.07, 6.45) is -15.3.